The van der Waals surface area contributed by atoms with Crippen molar-refractivity contribution in [2.24, 2.45) is 11.8 Å². The van der Waals surface area contributed by atoms with Gasteiger partial charge in [0, 0.05) is 7.05 Å². The Kier molecular flexibility index (Phi) is 3.29. The largest absolute Gasteiger partial charge is 0.394 e. The van der Waals surface area contributed by atoms with Crippen molar-refractivity contribution in [1.29, 1.82) is 0 Å². The standard InChI is InChI=1S/C18H21N/c1-13(15-6-4-3-5-7-15)8-18-16-9-14(10-16)11-17(18)12-19-2/h3-8,12,14,16,19H,1,9-11H2,2H3/b17-12-,18-8?. The molecule has 0 spiro atoms. The van der Waals surface area contributed by atoms with E-state index in [1.165, 1.54) is 36.0 Å². The molecule has 19 heavy (non-hydrogen) atoms. The van der Waals surface area contributed by atoms with Gasteiger partial charge in [0.1, 0.15) is 0 Å². The smallest absolute Gasteiger partial charge is 0.00278 e. The van der Waals surface area contributed by atoms with E-state index in [4.69, 9.17) is 0 Å². The molecule has 2 bridgehead atoms. The van der Waals surface area contributed by atoms with Gasteiger partial charge < -0.3 is 5.32 Å². The molecule has 0 aliphatic heterocycles. The second kappa shape index (κ2) is 5.08. The zero-order valence-corrected chi connectivity index (χ0v) is 11.5. The summed E-state index contributed by atoms with van der Waals surface area (Å²) in [7, 11) is 1.98. The zero-order valence-electron chi connectivity index (χ0n) is 11.5. The lowest BCUT2D eigenvalue weighted by atomic mass is 9.60. The first-order valence-corrected chi connectivity index (χ1v) is 7.10. The molecule has 1 aromatic rings. The molecule has 0 saturated heterocycles. The summed E-state index contributed by atoms with van der Waals surface area (Å²) < 4.78 is 0. The summed E-state index contributed by atoms with van der Waals surface area (Å²) in [4.78, 5) is 0. The van der Waals surface area contributed by atoms with Crippen molar-refractivity contribution in [1.82, 2.24) is 5.32 Å². The molecule has 0 amide bonds. The highest BCUT2D eigenvalue weighted by atomic mass is 14.8. The van der Waals surface area contributed by atoms with Gasteiger partial charge in [0.05, 0.1) is 0 Å². The summed E-state index contributed by atoms with van der Waals surface area (Å²) in [5.41, 5.74) is 5.33. The van der Waals surface area contributed by atoms with Gasteiger partial charge in [-0.2, -0.15) is 0 Å². The van der Waals surface area contributed by atoms with Gasteiger partial charge in [-0.1, -0.05) is 43.0 Å². The Hall–Kier alpha value is -1.76. The second-order valence-corrected chi connectivity index (χ2v) is 5.69. The van der Waals surface area contributed by atoms with Crippen molar-refractivity contribution in [3.05, 3.63) is 65.9 Å². The minimum Gasteiger partial charge on any atom is -0.394 e. The fourth-order valence-electron chi connectivity index (χ4n) is 3.30. The fraction of sp³-hybridized carbons (Fsp3) is 0.333. The number of nitrogens with one attached hydrogen (secondary N) is 1. The van der Waals surface area contributed by atoms with E-state index in [1.54, 1.807) is 0 Å². The van der Waals surface area contributed by atoms with Crippen LogP contribution in [0.3, 0.4) is 0 Å². The molecule has 1 nitrogen and oxygen atoms in total. The lowest BCUT2D eigenvalue weighted by Gasteiger charge is -2.44. The van der Waals surface area contributed by atoms with Gasteiger partial charge in [-0.3, -0.25) is 0 Å². The van der Waals surface area contributed by atoms with Crippen molar-refractivity contribution in [2.75, 3.05) is 7.05 Å². The second-order valence-electron chi connectivity index (χ2n) is 5.69. The minimum atomic E-state index is 0.763. The molecule has 0 heterocycles. The third-order valence-corrected chi connectivity index (χ3v) is 4.35. The first kappa shape index (κ1) is 12.3. The Bertz CT molecular complexity index is 530. The van der Waals surface area contributed by atoms with E-state index >= 15 is 0 Å². The van der Waals surface area contributed by atoms with Crippen molar-refractivity contribution >= 4 is 5.57 Å². The van der Waals surface area contributed by atoms with Crippen LogP contribution in [0.25, 0.3) is 5.57 Å². The molecule has 1 aromatic carbocycles. The topological polar surface area (TPSA) is 12.0 Å². The van der Waals surface area contributed by atoms with Gasteiger partial charge in [-0.15, -0.1) is 0 Å². The number of fused-ring (bicyclic) bond motifs is 2. The van der Waals surface area contributed by atoms with Crippen LogP contribution in [0.15, 0.2) is 60.3 Å². The van der Waals surface area contributed by atoms with E-state index in [-0.39, 0.29) is 0 Å². The summed E-state index contributed by atoms with van der Waals surface area (Å²) in [5, 5.41) is 3.19. The van der Waals surface area contributed by atoms with Crippen LogP contribution in [0, 0.1) is 11.8 Å². The normalized spacial score (nSPS) is 29.1. The third kappa shape index (κ3) is 2.37. The van der Waals surface area contributed by atoms with E-state index in [9.17, 15) is 0 Å². The highest BCUT2D eigenvalue weighted by molar-refractivity contribution is 5.74. The van der Waals surface area contributed by atoms with Crippen LogP contribution in [-0.2, 0) is 0 Å². The highest BCUT2D eigenvalue weighted by Crippen LogP contribution is 2.51. The average Bonchev–Trinajstić information content (AvgIpc) is 2.40. The Morgan fingerprint density at radius 3 is 2.68 bits per heavy atom. The SMILES string of the molecule is C=C(C=C1/C(=C\NC)CC2CC1C2)c1ccccc1. The van der Waals surface area contributed by atoms with Crippen molar-refractivity contribution < 1.29 is 0 Å². The Morgan fingerprint density at radius 1 is 1.26 bits per heavy atom. The van der Waals surface area contributed by atoms with Crippen molar-refractivity contribution in [3.63, 3.8) is 0 Å². The van der Waals surface area contributed by atoms with Gasteiger partial charge >= 0.3 is 0 Å². The molecule has 0 radical (unpaired) electrons. The summed E-state index contributed by atoms with van der Waals surface area (Å²) in [6.07, 6.45) is 8.44. The summed E-state index contributed by atoms with van der Waals surface area (Å²) in [6.45, 7) is 4.24. The maximum absolute atomic E-state index is 4.24. The number of benzene rings is 1. The number of hydrogen-bond donors (Lipinski definition) is 1. The molecule has 1 heteroatoms. The molecule has 0 aromatic heterocycles. The maximum atomic E-state index is 4.24. The third-order valence-electron chi connectivity index (χ3n) is 4.35. The van der Waals surface area contributed by atoms with Gasteiger partial charge in [-0.25, -0.2) is 0 Å². The Balaban J connectivity index is 1.88. The van der Waals surface area contributed by atoms with E-state index in [0.717, 1.165) is 17.4 Å². The predicted molar refractivity (Wildman–Crippen MR) is 81.5 cm³/mol. The molecule has 0 atom stereocenters. The molecule has 3 fully saturated rings. The summed E-state index contributed by atoms with van der Waals surface area (Å²) >= 11 is 0. The minimum absolute atomic E-state index is 0.763. The molecular weight excluding hydrogens is 230 g/mol. The van der Waals surface area contributed by atoms with Gasteiger partial charge in [-0.05, 0) is 59.6 Å². The Morgan fingerprint density at radius 2 is 2.00 bits per heavy atom. The van der Waals surface area contributed by atoms with Crippen LogP contribution in [0.4, 0.5) is 0 Å². The summed E-state index contributed by atoms with van der Waals surface area (Å²) in [6, 6.07) is 10.5. The molecule has 3 aliphatic rings. The van der Waals surface area contributed by atoms with E-state index in [1.807, 2.05) is 13.1 Å². The Labute approximate surface area is 115 Å². The zero-order chi connectivity index (χ0) is 13.2. The molecular formula is C18H21N. The van der Waals surface area contributed by atoms with E-state index < -0.39 is 0 Å². The van der Waals surface area contributed by atoms with Gasteiger partial charge in [0.2, 0.25) is 0 Å². The predicted octanol–water partition coefficient (Wildman–Crippen LogP) is 4.16. The monoisotopic (exact) mass is 251 g/mol. The van der Waals surface area contributed by atoms with Crippen molar-refractivity contribution in [3.8, 4) is 0 Å². The first-order chi connectivity index (χ1) is 9.28. The molecule has 3 saturated carbocycles. The van der Waals surface area contributed by atoms with E-state index in [0.29, 0.717) is 0 Å². The fourth-order valence-corrected chi connectivity index (χ4v) is 3.30. The number of hydrogen-bond acceptors (Lipinski definition) is 1. The highest BCUT2D eigenvalue weighted by Gasteiger charge is 2.38. The van der Waals surface area contributed by atoms with Crippen LogP contribution >= 0.6 is 0 Å². The van der Waals surface area contributed by atoms with Gasteiger partial charge in [0.25, 0.3) is 0 Å². The van der Waals surface area contributed by atoms with Crippen LogP contribution in [0.5, 0.6) is 0 Å². The van der Waals surface area contributed by atoms with Gasteiger partial charge in [0.15, 0.2) is 0 Å². The molecule has 1 N–H and O–H groups in total. The van der Waals surface area contributed by atoms with Crippen LogP contribution in [-0.4, -0.2) is 7.05 Å². The molecule has 98 valence electrons. The number of allylic oxidation sites excluding steroid dienone is 4. The van der Waals surface area contributed by atoms with E-state index in [2.05, 4.69) is 48.4 Å². The quantitative estimate of drug-likeness (QED) is 0.850. The lowest BCUT2D eigenvalue weighted by molar-refractivity contribution is 0.200. The summed E-state index contributed by atoms with van der Waals surface area (Å²) in [5.74, 6) is 1.69. The van der Waals surface area contributed by atoms with Crippen LogP contribution in [0.2, 0.25) is 0 Å². The van der Waals surface area contributed by atoms with Crippen molar-refractivity contribution in [2.45, 2.75) is 19.3 Å². The molecule has 4 rings (SSSR count). The molecule has 3 aliphatic carbocycles. The average molecular weight is 251 g/mol. The first-order valence-electron chi connectivity index (χ1n) is 7.10. The number of rotatable bonds is 3. The maximum Gasteiger partial charge on any atom is 0.00278 e. The molecule has 0 unspecified atom stereocenters. The van der Waals surface area contributed by atoms with Crippen LogP contribution < -0.4 is 5.32 Å². The van der Waals surface area contributed by atoms with Crippen LogP contribution in [0.1, 0.15) is 24.8 Å². The lowest BCUT2D eigenvalue weighted by Crippen LogP contribution is -2.32.